The molecule has 0 aliphatic rings. The van der Waals surface area contributed by atoms with Gasteiger partial charge in [-0.15, -0.1) is 0 Å². The van der Waals surface area contributed by atoms with E-state index in [1.807, 2.05) is 6.07 Å². The normalized spacial score (nSPS) is 10.2. The average molecular weight is 388 g/mol. The van der Waals surface area contributed by atoms with Crippen molar-refractivity contribution >= 4 is 33.3 Å². The monoisotopic (exact) mass is 387 g/mol. The maximum atomic E-state index is 6.09. The van der Waals surface area contributed by atoms with Gasteiger partial charge in [0.05, 0.1) is 7.11 Å². The number of ether oxygens (including phenoxy) is 2. The number of nitrogens with one attached hydrogen (secondary N) is 1. The average Bonchev–Trinajstić information content (AvgIpc) is 2.61. The molecule has 7 nitrogen and oxygen atoms in total. The Bertz CT molecular complexity index is 825. The van der Waals surface area contributed by atoms with Crippen LogP contribution in [0.15, 0.2) is 53.4 Å². The number of nitrogen functional groups attached to an aromatic ring is 1. The molecular formula is C16H14BrN5O2. The Morgan fingerprint density at radius 1 is 1.00 bits per heavy atom. The van der Waals surface area contributed by atoms with Crippen LogP contribution in [0.3, 0.4) is 0 Å². The van der Waals surface area contributed by atoms with Gasteiger partial charge in [-0.3, -0.25) is 0 Å². The van der Waals surface area contributed by atoms with Crippen molar-refractivity contribution in [1.82, 2.24) is 15.0 Å². The number of hydrogen-bond donors (Lipinski definition) is 2. The van der Waals surface area contributed by atoms with Crippen LogP contribution in [0.4, 0.5) is 17.3 Å². The van der Waals surface area contributed by atoms with Crippen molar-refractivity contribution < 1.29 is 9.47 Å². The van der Waals surface area contributed by atoms with Gasteiger partial charge < -0.3 is 20.5 Å². The van der Waals surface area contributed by atoms with Gasteiger partial charge in [0.25, 0.3) is 0 Å². The van der Waals surface area contributed by atoms with Crippen LogP contribution in [-0.2, 0) is 0 Å². The molecule has 2 heterocycles. The molecule has 3 N–H and O–H groups in total. The van der Waals surface area contributed by atoms with Gasteiger partial charge >= 0.3 is 0 Å². The number of rotatable bonds is 5. The molecule has 0 bridgehead atoms. The van der Waals surface area contributed by atoms with E-state index in [0.29, 0.717) is 17.4 Å². The molecular weight excluding hydrogens is 374 g/mol. The van der Waals surface area contributed by atoms with Gasteiger partial charge in [0.2, 0.25) is 5.88 Å². The van der Waals surface area contributed by atoms with Crippen molar-refractivity contribution in [2.24, 2.45) is 0 Å². The Morgan fingerprint density at radius 2 is 1.75 bits per heavy atom. The van der Waals surface area contributed by atoms with Crippen molar-refractivity contribution in [1.29, 1.82) is 0 Å². The fourth-order valence-corrected chi connectivity index (χ4v) is 2.12. The summed E-state index contributed by atoms with van der Waals surface area (Å²) in [5.74, 6) is 2.62. The third-order valence-electron chi connectivity index (χ3n) is 3.10. The van der Waals surface area contributed by atoms with Crippen molar-refractivity contribution in [2.45, 2.75) is 0 Å². The summed E-state index contributed by atoms with van der Waals surface area (Å²) < 4.78 is 11.7. The van der Waals surface area contributed by atoms with E-state index < -0.39 is 0 Å². The molecule has 0 spiro atoms. The molecule has 122 valence electrons. The van der Waals surface area contributed by atoms with E-state index in [9.17, 15) is 0 Å². The number of anilines is 3. The predicted molar refractivity (Wildman–Crippen MR) is 94.7 cm³/mol. The lowest BCUT2D eigenvalue weighted by Gasteiger charge is -2.11. The first-order valence-electron chi connectivity index (χ1n) is 6.96. The molecule has 3 aromatic rings. The lowest BCUT2D eigenvalue weighted by molar-refractivity contribution is 0.412. The molecule has 0 saturated carbocycles. The van der Waals surface area contributed by atoms with E-state index in [1.54, 1.807) is 43.6 Å². The van der Waals surface area contributed by atoms with E-state index in [2.05, 4.69) is 36.2 Å². The molecule has 0 saturated heterocycles. The molecule has 2 aromatic heterocycles. The topological polar surface area (TPSA) is 95.2 Å². The highest BCUT2D eigenvalue weighted by molar-refractivity contribution is 9.10. The summed E-state index contributed by atoms with van der Waals surface area (Å²) in [5, 5.41) is 3.04. The van der Waals surface area contributed by atoms with Crippen LogP contribution in [0.5, 0.6) is 17.4 Å². The van der Waals surface area contributed by atoms with Crippen LogP contribution >= 0.6 is 15.9 Å². The van der Waals surface area contributed by atoms with Gasteiger partial charge in [0.1, 0.15) is 29.3 Å². The fraction of sp³-hybridized carbons (Fsp3) is 0.0625. The molecule has 0 atom stereocenters. The van der Waals surface area contributed by atoms with E-state index in [-0.39, 0.29) is 11.6 Å². The lowest BCUT2D eigenvalue weighted by Crippen LogP contribution is -2.03. The van der Waals surface area contributed by atoms with Crippen LogP contribution in [0.2, 0.25) is 0 Å². The zero-order valence-electron chi connectivity index (χ0n) is 12.7. The summed E-state index contributed by atoms with van der Waals surface area (Å²) in [6.07, 6.45) is 3.05. The van der Waals surface area contributed by atoms with E-state index >= 15 is 0 Å². The van der Waals surface area contributed by atoms with Gasteiger partial charge in [0.15, 0.2) is 5.82 Å². The second-order valence-corrected chi connectivity index (χ2v) is 5.62. The largest absolute Gasteiger partial charge is 0.497 e. The molecule has 0 aliphatic heterocycles. The molecule has 0 amide bonds. The van der Waals surface area contributed by atoms with Crippen LogP contribution in [0, 0.1) is 0 Å². The molecule has 3 rings (SSSR count). The summed E-state index contributed by atoms with van der Waals surface area (Å²) in [4.78, 5) is 12.4. The molecule has 24 heavy (non-hydrogen) atoms. The Kier molecular flexibility index (Phi) is 4.76. The number of aromatic nitrogens is 3. The van der Waals surface area contributed by atoms with Crippen molar-refractivity contribution in [3.8, 4) is 17.4 Å². The SMILES string of the molecule is COc1ccc(Oc2ncnc(Nc3ccc(Br)cn3)c2N)cc1. The predicted octanol–water partition coefficient (Wildman–Crippen LogP) is 3.76. The zero-order valence-corrected chi connectivity index (χ0v) is 14.3. The van der Waals surface area contributed by atoms with Gasteiger partial charge in [-0.2, -0.15) is 4.98 Å². The first-order valence-corrected chi connectivity index (χ1v) is 7.76. The van der Waals surface area contributed by atoms with E-state index in [1.165, 1.54) is 6.33 Å². The molecule has 0 unspecified atom stereocenters. The Balaban J connectivity index is 1.80. The summed E-state index contributed by atoms with van der Waals surface area (Å²) >= 11 is 3.33. The van der Waals surface area contributed by atoms with Gasteiger partial charge in [0, 0.05) is 10.7 Å². The number of methoxy groups -OCH3 is 1. The Morgan fingerprint density at radius 3 is 2.42 bits per heavy atom. The highest BCUT2D eigenvalue weighted by Gasteiger charge is 2.11. The lowest BCUT2D eigenvalue weighted by atomic mass is 10.3. The van der Waals surface area contributed by atoms with Crippen molar-refractivity contribution in [2.75, 3.05) is 18.2 Å². The minimum absolute atomic E-state index is 0.259. The molecule has 0 aliphatic carbocycles. The molecule has 8 heteroatoms. The molecule has 0 fully saturated rings. The fourth-order valence-electron chi connectivity index (χ4n) is 1.89. The summed E-state index contributed by atoms with van der Waals surface area (Å²) in [6, 6.07) is 10.8. The van der Waals surface area contributed by atoms with Gasteiger partial charge in [-0.05, 0) is 52.3 Å². The van der Waals surface area contributed by atoms with E-state index in [4.69, 9.17) is 15.2 Å². The van der Waals surface area contributed by atoms with E-state index in [0.717, 1.165) is 10.2 Å². The molecule has 0 radical (unpaired) electrons. The van der Waals surface area contributed by atoms with Crippen molar-refractivity contribution in [3.05, 3.63) is 53.4 Å². The van der Waals surface area contributed by atoms with Crippen LogP contribution in [-0.4, -0.2) is 22.1 Å². The highest BCUT2D eigenvalue weighted by atomic mass is 79.9. The summed E-state index contributed by atoms with van der Waals surface area (Å²) in [5.41, 5.74) is 6.38. The Labute approximate surface area is 147 Å². The Hall–Kier alpha value is -2.87. The second kappa shape index (κ2) is 7.14. The third kappa shape index (κ3) is 3.72. The standard InChI is InChI=1S/C16H14BrN5O2/c1-23-11-3-5-12(6-4-11)24-16-14(18)15(20-9-21-16)22-13-7-2-10(17)8-19-13/h2-9H,18H2,1H3,(H,19,20,21,22). The maximum absolute atomic E-state index is 6.09. The number of pyridine rings is 1. The molecule has 1 aromatic carbocycles. The number of hydrogen-bond acceptors (Lipinski definition) is 7. The third-order valence-corrected chi connectivity index (χ3v) is 3.56. The van der Waals surface area contributed by atoms with Gasteiger partial charge in [-0.1, -0.05) is 0 Å². The minimum Gasteiger partial charge on any atom is -0.497 e. The van der Waals surface area contributed by atoms with Crippen LogP contribution in [0.1, 0.15) is 0 Å². The van der Waals surface area contributed by atoms with Gasteiger partial charge in [-0.25, -0.2) is 9.97 Å². The van der Waals surface area contributed by atoms with Crippen LogP contribution < -0.4 is 20.5 Å². The maximum Gasteiger partial charge on any atom is 0.248 e. The zero-order chi connectivity index (χ0) is 16.9. The summed E-state index contributed by atoms with van der Waals surface area (Å²) in [7, 11) is 1.60. The van der Waals surface area contributed by atoms with Crippen molar-refractivity contribution in [3.63, 3.8) is 0 Å². The number of nitrogens with zero attached hydrogens (tertiary/aromatic N) is 3. The van der Waals surface area contributed by atoms with Crippen LogP contribution in [0.25, 0.3) is 0 Å². The summed E-state index contributed by atoms with van der Waals surface area (Å²) in [6.45, 7) is 0. The first kappa shape index (κ1) is 16.0. The highest BCUT2D eigenvalue weighted by Crippen LogP contribution is 2.31. The minimum atomic E-state index is 0.259. The quantitative estimate of drug-likeness (QED) is 0.687. The number of nitrogens with two attached hydrogens (primary N) is 1. The smallest absolute Gasteiger partial charge is 0.248 e. The number of benzene rings is 1. The number of halogens is 1. The second-order valence-electron chi connectivity index (χ2n) is 4.71. The first-order chi connectivity index (χ1) is 11.7.